The molecule has 0 aliphatic heterocycles. The number of hydrogen-bond donors (Lipinski definition) is 3. The average Bonchev–Trinajstić information content (AvgIpc) is 3.83. The molecule has 54 heavy (non-hydrogen) atoms. The predicted octanol–water partition coefficient (Wildman–Crippen LogP) is 5.44. The minimum absolute atomic E-state index is 0.00799. The van der Waals surface area contributed by atoms with E-state index in [0.717, 1.165) is 22.7 Å². The van der Waals surface area contributed by atoms with Crippen LogP contribution in [0.5, 0.6) is 6.01 Å². The molecule has 0 spiro atoms. The van der Waals surface area contributed by atoms with Crippen molar-refractivity contribution in [2.45, 2.75) is 34.6 Å². The number of methoxy groups -OCH3 is 4. The van der Waals surface area contributed by atoms with Crippen molar-refractivity contribution in [3.05, 3.63) is 33.6 Å². The fourth-order valence-corrected chi connectivity index (χ4v) is 6.76. The molecule has 0 saturated carbocycles. The summed E-state index contributed by atoms with van der Waals surface area (Å²) < 4.78 is 22.5. The van der Waals surface area contributed by atoms with E-state index in [1.807, 2.05) is 0 Å². The van der Waals surface area contributed by atoms with Gasteiger partial charge in [-0.2, -0.15) is 34.5 Å². The lowest BCUT2D eigenvalue weighted by Gasteiger charge is -2.08. The lowest BCUT2D eigenvalue weighted by Crippen LogP contribution is -2.14. The molecule has 1 amide bonds. The number of nitrogens with zero attached hydrogens (tertiary/aromatic N) is 12. The second-order valence-corrected chi connectivity index (χ2v) is 12.8. The number of carbonyl (C=O) groups is 3. The molecule has 0 unspecified atom stereocenters. The fourth-order valence-electron chi connectivity index (χ4n) is 4.75. The van der Waals surface area contributed by atoms with E-state index in [4.69, 9.17) is 30.4 Å². The zero-order valence-corrected chi connectivity index (χ0v) is 31.9. The number of anilines is 3. The van der Waals surface area contributed by atoms with Gasteiger partial charge in [-0.25, -0.2) is 14.6 Å². The van der Waals surface area contributed by atoms with Gasteiger partial charge in [-0.1, -0.05) is 22.7 Å². The van der Waals surface area contributed by atoms with Crippen LogP contribution in [-0.4, -0.2) is 87.2 Å². The molecule has 282 valence electrons. The first-order chi connectivity index (χ1) is 25.7. The quantitative estimate of drug-likeness (QED) is 0.0615. The van der Waals surface area contributed by atoms with Crippen LogP contribution in [0.4, 0.5) is 43.0 Å². The number of esters is 2. The largest absolute Gasteiger partial charge is 0.486 e. The highest BCUT2D eigenvalue weighted by Crippen LogP contribution is 2.43. The van der Waals surface area contributed by atoms with E-state index in [1.165, 1.54) is 51.1 Å². The highest BCUT2D eigenvalue weighted by atomic mass is 32.1. The normalized spacial score (nSPS) is 11.6. The molecule has 0 radical (unpaired) electrons. The second-order valence-electron chi connectivity index (χ2n) is 10.9. The first kappa shape index (κ1) is 38.5. The van der Waals surface area contributed by atoms with Crippen LogP contribution in [-0.2, 0) is 19.0 Å². The molecule has 5 N–H and O–H groups in total. The highest BCUT2D eigenvalue weighted by molar-refractivity contribution is 7.20. The van der Waals surface area contributed by atoms with Crippen LogP contribution in [0.15, 0.2) is 25.4 Å². The molecule has 24 heteroatoms. The minimum Gasteiger partial charge on any atom is -0.486 e. The van der Waals surface area contributed by atoms with Crippen LogP contribution in [0.3, 0.4) is 0 Å². The number of aliphatic imine (C=N–C) groups is 1. The molecule has 0 aliphatic rings. The van der Waals surface area contributed by atoms with Crippen molar-refractivity contribution < 1.29 is 33.3 Å². The molecular weight excluding hydrogens is 747 g/mol. The number of nitrogens with one attached hydrogen (secondary N) is 1. The highest BCUT2D eigenvalue weighted by Gasteiger charge is 2.26. The molecular formula is C30H33N15O7S2. The number of thiophene rings is 2. The Labute approximate surface area is 314 Å². The van der Waals surface area contributed by atoms with Gasteiger partial charge in [-0.3, -0.25) is 4.79 Å². The molecule has 0 aromatic carbocycles. The van der Waals surface area contributed by atoms with Gasteiger partial charge >= 0.3 is 17.9 Å². The van der Waals surface area contributed by atoms with Crippen molar-refractivity contribution in [2.24, 2.45) is 25.4 Å². The number of nitrogens with two attached hydrogens (primary N) is 2. The van der Waals surface area contributed by atoms with E-state index in [2.05, 4.69) is 55.9 Å². The van der Waals surface area contributed by atoms with Gasteiger partial charge in [0.15, 0.2) is 39.4 Å². The molecule has 0 aliphatic carbocycles. The molecule has 0 saturated heterocycles. The molecule has 5 aromatic rings. The summed E-state index contributed by atoms with van der Waals surface area (Å²) in [4.78, 5) is 54.2. The van der Waals surface area contributed by atoms with Crippen molar-refractivity contribution >= 4 is 89.9 Å². The summed E-state index contributed by atoms with van der Waals surface area (Å²) in [6.07, 6.45) is 1.23. The van der Waals surface area contributed by atoms with Gasteiger partial charge in [0.2, 0.25) is 5.91 Å². The SMILES string of the molecule is CO/C=N\c1sc(N=Nc2c(C)nn(-c3nc(OC)nc(-n4nc(C)c(N=Nc5sc(NC(C)=O)c(C)c5C(=O)OC)c4N)n3)c2N)c(C(=O)OC)c1C. The van der Waals surface area contributed by atoms with Crippen molar-refractivity contribution in [2.75, 3.05) is 45.2 Å². The monoisotopic (exact) mass is 779 g/mol. The molecule has 0 bridgehead atoms. The van der Waals surface area contributed by atoms with Crippen LogP contribution in [0.2, 0.25) is 0 Å². The number of aryl methyl sites for hydroxylation is 2. The Kier molecular flexibility index (Phi) is 11.4. The smallest absolute Gasteiger partial charge is 0.341 e. The zero-order chi connectivity index (χ0) is 39.4. The molecule has 5 heterocycles. The fraction of sp³-hybridized carbons (Fsp3) is 0.300. The summed E-state index contributed by atoms with van der Waals surface area (Å²) in [7, 11) is 5.28. The number of carbonyl (C=O) groups excluding carboxylic acids is 3. The zero-order valence-electron chi connectivity index (χ0n) is 30.3. The van der Waals surface area contributed by atoms with E-state index >= 15 is 0 Å². The molecule has 0 atom stereocenters. The topological polar surface area (TPSA) is 288 Å². The number of ether oxygens (including phenoxy) is 4. The third-order valence-corrected chi connectivity index (χ3v) is 9.51. The van der Waals surface area contributed by atoms with Crippen LogP contribution in [0.1, 0.15) is 50.2 Å². The maximum absolute atomic E-state index is 12.6. The lowest BCUT2D eigenvalue weighted by atomic mass is 10.2. The molecule has 22 nitrogen and oxygen atoms in total. The first-order valence-electron chi connectivity index (χ1n) is 15.3. The van der Waals surface area contributed by atoms with E-state index in [1.54, 1.807) is 27.7 Å². The Morgan fingerprint density at radius 3 is 1.69 bits per heavy atom. The van der Waals surface area contributed by atoms with Gasteiger partial charge < -0.3 is 35.7 Å². The van der Waals surface area contributed by atoms with Gasteiger partial charge in [0.05, 0.1) is 39.8 Å². The van der Waals surface area contributed by atoms with Crippen LogP contribution in [0.25, 0.3) is 11.9 Å². The Hall–Kier alpha value is -6.69. The summed E-state index contributed by atoms with van der Waals surface area (Å²) in [5.41, 5.74) is 15.2. The standard InChI is InChI=1S/C30H33N15O7S2/c1-11-16(26(47)50-7)24(53-22(11)33-10-49-6)40-38-18-13(3)42-44(20(18)31)28-35-29(37-30(36-28)52-9)45-21(32)19(14(4)43-45)39-41-25-17(27(48)51-8)12(2)23(54-25)34-15(5)46/h10H,31-32H2,1-9H3,(H,34,46)/b33-10-,40-38?,41-39?. The summed E-state index contributed by atoms with van der Waals surface area (Å²) >= 11 is 2.13. The Morgan fingerprint density at radius 2 is 1.22 bits per heavy atom. The molecule has 0 fully saturated rings. The third kappa shape index (κ3) is 7.45. The van der Waals surface area contributed by atoms with Gasteiger partial charge in [0.25, 0.3) is 11.9 Å². The second kappa shape index (κ2) is 15.9. The predicted molar refractivity (Wildman–Crippen MR) is 198 cm³/mol. The van der Waals surface area contributed by atoms with Crippen molar-refractivity contribution in [3.8, 4) is 17.9 Å². The van der Waals surface area contributed by atoms with Crippen LogP contribution >= 0.6 is 22.7 Å². The average molecular weight is 780 g/mol. The van der Waals surface area contributed by atoms with E-state index in [-0.39, 0.29) is 68.0 Å². The summed E-state index contributed by atoms with van der Waals surface area (Å²) in [6, 6.07) is -0.135. The van der Waals surface area contributed by atoms with E-state index in [0.29, 0.717) is 32.5 Å². The number of aromatic nitrogens is 7. The third-order valence-electron chi connectivity index (χ3n) is 7.34. The van der Waals surface area contributed by atoms with Crippen molar-refractivity contribution in [3.63, 3.8) is 0 Å². The van der Waals surface area contributed by atoms with Crippen molar-refractivity contribution in [1.82, 2.24) is 34.5 Å². The first-order valence-corrected chi connectivity index (χ1v) is 17.0. The molecule has 5 aromatic heterocycles. The van der Waals surface area contributed by atoms with E-state index < -0.39 is 11.9 Å². The number of azo groups is 2. The number of amides is 1. The Balaban J connectivity index is 1.53. The number of nitrogen functional groups attached to an aromatic ring is 2. The number of rotatable bonds is 12. The number of hydrogen-bond acceptors (Lipinski definition) is 21. The minimum atomic E-state index is -0.661. The maximum atomic E-state index is 12.6. The Bertz CT molecular complexity index is 2370. The summed E-state index contributed by atoms with van der Waals surface area (Å²) in [5.74, 6) is -1.82. The molecule has 5 rings (SSSR count). The van der Waals surface area contributed by atoms with Gasteiger partial charge in [0.1, 0.15) is 21.1 Å². The van der Waals surface area contributed by atoms with E-state index in [9.17, 15) is 14.4 Å². The van der Waals surface area contributed by atoms with Crippen LogP contribution < -0.4 is 21.5 Å². The van der Waals surface area contributed by atoms with Gasteiger partial charge in [-0.15, -0.1) is 20.5 Å². The maximum Gasteiger partial charge on any atom is 0.341 e. The lowest BCUT2D eigenvalue weighted by molar-refractivity contribution is -0.114. The Morgan fingerprint density at radius 1 is 0.722 bits per heavy atom. The van der Waals surface area contributed by atoms with Crippen LogP contribution in [0, 0.1) is 27.7 Å². The van der Waals surface area contributed by atoms with Gasteiger partial charge in [0, 0.05) is 18.1 Å². The summed E-state index contributed by atoms with van der Waals surface area (Å²) in [5, 5.41) is 30.0. The van der Waals surface area contributed by atoms with Gasteiger partial charge in [-0.05, 0) is 27.7 Å². The summed E-state index contributed by atoms with van der Waals surface area (Å²) in [6.45, 7) is 7.96. The van der Waals surface area contributed by atoms with Crippen molar-refractivity contribution in [1.29, 1.82) is 0 Å².